The fourth-order valence-electron chi connectivity index (χ4n) is 4.30. The van der Waals surface area contributed by atoms with Crippen LogP contribution >= 0.6 is 0 Å². The van der Waals surface area contributed by atoms with Crippen LogP contribution in [0.5, 0.6) is 0 Å². The molecule has 2 unspecified atom stereocenters. The lowest BCUT2D eigenvalue weighted by Gasteiger charge is -2.21. The Morgan fingerprint density at radius 3 is 1.74 bits per heavy atom. The highest BCUT2D eigenvalue weighted by Crippen LogP contribution is 2.31. The van der Waals surface area contributed by atoms with E-state index in [1.807, 2.05) is 50.2 Å². The average molecular weight is 425 g/mol. The maximum absolute atomic E-state index is 11.8. The van der Waals surface area contributed by atoms with E-state index in [9.17, 15) is 15.0 Å². The molecular weight excluding hydrogens is 388 g/mol. The van der Waals surface area contributed by atoms with E-state index in [0.717, 1.165) is 25.2 Å². The SMILES string of the molecule is CC1(C)CN(Cc2ccccc2)C(=O)C1O.CC1(C)CN(Cc2ccccc2)CC1O. The Hall–Kier alpha value is -2.21. The second-order valence-corrected chi connectivity index (χ2v) is 10.2. The van der Waals surface area contributed by atoms with Gasteiger partial charge in [0.15, 0.2) is 0 Å². The fourth-order valence-corrected chi connectivity index (χ4v) is 4.30. The summed E-state index contributed by atoms with van der Waals surface area (Å²) in [4.78, 5) is 15.8. The van der Waals surface area contributed by atoms with Gasteiger partial charge in [-0.3, -0.25) is 9.69 Å². The maximum Gasteiger partial charge on any atom is 0.252 e. The van der Waals surface area contributed by atoms with Crippen LogP contribution in [0.2, 0.25) is 0 Å². The van der Waals surface area contributed by atoms with E-state index in [-0.39, 0.29) is 22.8 Å². The van der Waals surface area contributed by atoms with Gasteiger partial charge in [-0.15, -0.1) is 0 Å². The Morgan fingerprint density at radius 1 is 0.806 bits per heavy atom. The number of β-amino-alcohol motifs (C(OH)–C–C–N with tert-alkyl or cyclic N) is 1. The Morgan fingerprint density at radius 2 is 1.32 bits per heavy atom. The first-order valence-electron chi connectivity index (χ1n) is 11.0. The van der Waals surface area contributed by atoms with Crippen LogP contribution in [0.4, 0.5) is 0 Å². The van der Waals surface area contributed by atoms with Crippen LogP contribution in [0.3, 0.4) is 0 Å². The predicted molar refractivity (Wildman–Crippen MR) is 123 cm³/mol. The molecule has 1 amide bonds. The molecule has 0 bridgehead atoms. The lowest BCUT2D eigenvalue weighted by Crippen LogP contribution is -2.30. The van der Waals surface area contributed by atoms with Gasteiger partial charge in [0.25, 0.3) is 5.91 Å². The van der Waals surface area contributed by atoms with Crippen molar-refractivity contribution in [2.24, 2.45) is 10.8 Å². The Bertz CT molecular complexity index is 851. The zero-order chi connectivity index (χ0) is 22.6. The smallest absolute Gasteiger partial charge is 0.252 e. The van der Waals surface area contributed by atoms with Gasteiger partial charge in [0, 0.05) is 43.6 Å². The molecule has 2 fully saturated rings. The summed E-state index contributed by atoms with van der Waals surface area (Å²) in [6.07, 6.45) is -1.06. The van der Waals surface area contributed by atoms with Gasteiger partial charge < -0.3 is 15.1 Å². The van der Waals surface area contributed by atoms with Crippen LogP contribution in [-0.2, 0) is 17.9 Å². The van der Waals surface area contributed by atoms with Crippen molar-refractivity contribution in [1.82, 2.24) is 9.80 Å². The van der Waals surface area contributed by atoms with Crippen molar-refractivity contribution in [2.75, 3.05) is 19.6 Å². The summed E-state index contributed by atoms with van der Waals surface area (Å²) in [7, 11) is 0. The van der Waals surface area contributed by atoms with Gasteiger partial charge in [0.05, 0.1) is 6.10 Å². The largest absolute Gasteiger partial charge is 0.391 e. The number of hydrogen-bond acceptors (Lipinski definition) is 4. The molecule has 5 nitrogen and oxygen atoms in total. The Balaban J connectivity index is 0.000000176. The predicted octanol–water partition coefficient (Wildman–Crippen LogP) is 3.31. The molecule has 2 N–H and O–H groups in total. The number of rotatable bonds is 4. The normalized spacial score (nSPS) is 24.7. The number of aliphatic hydroxyl groups is 2. The first kappa shape index (κ1) is 23.5. The third-order valence-electron chi connectivity index (χ3n) is 6.31. The highest BCUT2D eigenvalue weighted by atomic mass is 16.3. The van der Waals surface area contributed by atoms with Crippen molar-refractivity contribution < 1.29 is 15.0 Å². The first-order chi connectivity index (χ1) is 14.6. The summed E-state index contributed by atoms with van der Waals surface area (Å²) < 4.78 is 0. The maximum atomic E-state index is 11.8. The minimum atomic E-state index is -0.865. The number of nitrogens with zero attached hydrogens (tertiary/aromatic N) is 2. The molecule has 2 aliphatic heterocycles. The van der Waals surface area contributed by atoms with Gasteiger partial charge in [0.1, 0.15) is 6.10 Å². The van der Waals surface area contributed by atoms with Crippen LogP contribution in [0.1, 0.15) is 38.8 Å². The van der Waals surface area contributed by atoms with Crippen LogP contribution in [0.15, 0.2) is 60.7 Å². The number of carbonyl (C=O) groups excluding carboxylic acids is 1. The highest BCUT2D eigenvalue weighted by Gasteiger charge is 2.44. The zero-order valence-corrected chi connectivity index (χ0v) is 19.2. The summed E-state index contributed by atoms with van der Waals surface area (Å²) >= 11 is 0. The molecule has 2 aromatic rings. The Kier molecular flexibility index (Phi) is 7.20. The van der Waals surface area contributed by atoms with E-state index in [2.05, 4.69) is 43.0 Å². The molecule has 168 valence electrons. The molecule has 31 heavy (non-hydrogen) atoms. The zero-order valence-electron chi connectivity index (χ0n) is 19.2. The third kappa shape index (κ3) is 5.94. The number of benzene rings is 2. The van der Waals surface area contributed by atoms with Crippen molar-refractivity contribution in [3.8, 4) is 0 Å². The quantitative estimate of drug-likeness (QED) is 0.791. The summed E-state index contributed by atoms with van der Waals surface area (Å²) in [5, 5.41) is 19.6. The fraction of sp³-hybridized carbons (Fsp3) is 0.500. The van der Waals surface area contributed by atoms with Crippen molar-refractivity contribution in [3.05, 3.63) is 71.8 Å². The minimum absolute atomic E-state index is 0.0365. The van der Waals surface area contributed by atoms with Gasteiger partial charge in [-0.2, -0.15) is 0 Å². The van der Waals surface area contributed by atoms with E-state index >= 15 is 0 Å². The van der Waals surface area contributed by atoms with E-state index in [0.29, 0.717) is 13.1 Å². The van der Waals surface area contributed by atoms with E-state index < -0.39 is 6.10 Å². The van der Waals surface area contributed by atoms with Crippen molar-refractivity contribution in [1.29, 1.82) is 0 Å². The second kappa shape index (κ2) is 9.51. The Labute approximate surface area is 186 Å². The van der Waals surface area contributed by atoms with Crippen LogP contribution in [0.25, 0.3) is 0 Å². The average Bonchev–Trinajstić information content (AvgIpc) is 3.09. The molecule has 2 aromatic carbocycles. The summed E-state index contributed by atoms with van der Waals surface area (Å²) in [6, 6.07) is 20.3. The molecular formula is C26H36N2O3. The third-order valence-corrected chi connectivity index (χ3v) is 6.31. The van der Waals surface area contributed by atoms with Crippen LogP contribution in [0, 0.1) is 10.8 Å². The van der Waals surface area contributed by atoms with E-state index in [1.165, 1.54) is 5.56 Å². The van der Waals surface area contributed by atoms with Gasteiger partial charge in [-0.25, -0.2) is 0 Å². The van der Waals surface area contributed by atoms with E-state index in [1.54, 1.807) is 4.90 Å². The molecule has 0 spiro atoms. The highest BCUT2D eigenvalue weighted by molar-refractivity contribution is 5.84. The molecule has 0 saturated carbocycles. The number of hydrogen-bond donors (Lipinski definition) is 2. The van der Waals surface area contributed by atoms with Crippen LogP contribution in [-0.4, -0.2) is 57.8 Å². The first-order valence-corrected chi connectivity index (χ1v) is 11.0. The summed E-state index contributed by atoms with van der Waals surface area (Å²) in [5.74, 6) is -0.158. The van der Waals surface area contributed by atoms with Gasteiger partial charge in [-0.1, -0.05) is 88.4 Å². The molecule has 0 radical (unpaired) electrons. The minimum Gasteiger partial charge on any atom is -0.391 e. The second-order valence-electron chi connectivity index (χ2n) is 10.2. The number of likely N-dealkylation sites (tertiary alicyclic amines) is 2. The topological polar surface area (TPSA) is 64.0 Å². The van der Waals surface area contributed by atoms with Gasteiger partial charge in [0.2, 0.25) is 0 Å². The van der Waals surface area contributed by atoms with Crippen molar-refractivity contribution in [2.45, 2.75) is 53.0 Å². The summed E-state index contributed by atoms with van der Waals surface area (Å²) in [6.45, 7) is 12.0. The van der Waals surface area contributed by atoms with Crippen molar-refractivity contribution >= 4 is 5.91 Å². The molecule has 2 heterocycles. The van der Waals surface area contributed by atoms with Crippen molar-refractivity contribution in [3.63, 3.8) is 0 Å². The van der Waals surface area contributed by atoms with Gasteiger partial charge >= 0.3 is 0 Å². The monoisotopic (exact) mass is 424 g/mol. The molecule has 2 atom stereocenters. The lowest BCUT2D eigenvalue weighted by molar-refractivity contribution is -0.136. The van der Waals surface area contributed by atoms with Gasteiger partial charge in [-0.05, 0) is 11.1 Å². The van der Waals surface area contributed by atoms with E-state index in [4.69, 9.17) is 0 Å². The molecule has 2 saturated heterocycles. The number of carbonyl (C=O) groups is 1. The molecule has 5 heteroatoms. The molecule has 4 rings (SSSR count). The van der Waals surface area contributed by atoms with Crippen LogP contribution < -0.4 is 0 Å². The molecule has 0 aromatic heterocycles. The molecule has 0 aliphatic carbocycles. The molecule has 2 aliphatic rings. The standard InChI is InChI=1S/C13H17NO2.C13H19NO/c1-13(2)9-14(12(16)11(13)15)8-10-6-4-3-5-7-10;1-13(2)10-14(9-12(13)15)8-11-6-4-3-5-7-11/h3-7,11,15H,8-9H2,1-2H3;3-7,12,15H,8-10H2,1-2H3. The number of amides is 1. The number of aliphatic hydroxyl groups excluding tert-OH is 2. The summed E-state index contributed by atoms with van der Waals surface area (Å²) in [5.41, 5.74) is 2.11. The lowest BCUT2D eigenvalue weighted by atomic mass is 9.90.